The molecule has 3 aromatic carbocycles. The molecule has 3 aromatic rings. The number of ether oxygens (including phenoxy) is 1. The molecule has 0 N–H and O–H groups in total. The Hall–Kier alpha value is -3.07. The van der Waals surface area contributed by atoms with Crippen LogP contribution in [-0.4, -0.2) is 20.1 Å². The van der Waals surface area contributed by atoms with Crippen molar-refractivity contribution in [3.05, 3.63) is 95.6 Å². The van der Waals surface area contributed by atoms with Crippen molar-refractivity contribution in [1.29, 1.82) is 0 Å². The smallest absolute Gasteiger partial charge is 0.246 e. The second-order valence-corrected chi connectivity index (χ2v) is 6.23. The van der Waals surface area contributed by atoms with Gasteiger partial charge in [-0.15, -0.1) is 0 Å². The zero-order valence-electron chi connectivity index (χ0n) is 14.3. The van der Waals surface area contributed by atoms with Crippen molar-refractivity contribution in [2.24, 2.45) is 0 Å². The molecule has 4 rings (SSSR count). The molecular formula is C22H19NO2. The molecule has 25 heavy (non-hydrogen) atoms. The van der Waals surface area contributed by atoms with Gasteiger partial charge in [-0.2, -0.15) is 0 Å². The fraction of sp³-hybridized carbons (Fsp3) is 0.136. The lowest BCUT2D eigenvalue weighted by atomic mass is 9.70. The van der Waals surface area contributed by atoms with Gasteiger partial charge in [0.15, 0.2) is 0 Å². The van der Waals surface area contributed by atoms with Crippen LogP contribution < -0.4 is 9.64 Å². The third-order valence-corrected chi connectivity index (χ3v) is 5.01. The molecule has 1 aliphatic rings. The van der Waals surface area contributed by atoms with Gasteiger partial charge in [0.2, 0.25) is 5.91 Å². The Balaban J connectivity index is 2.11. The average molecular weight is 329 g/mol. The number of likely N-dealkylation sites (N-methyl/N-ethyl adjacent to an activating group) is 1. The van der Waals surface area contributed by atoms with E-state index in [0.29, 0.717) is 0 Å². The highest BCUT2D eigenvalue weighted by Gasteiger charge is 2.52. The summed E-state index contributed by atoms with van der Waals surface area (Å²) < 4.78 is 5.45. The molecule has 0 saturated carbocycles. The molecule has 0 spiro atoms. The Morgan fingerprint density at radius 3 is 1.92 bits per heavy atom. The molecule has 0 bridgehead atoms. The Kier molecular flexibility index (Phi) is 3.57. The van der Waals surface area contributed by atoms with Crippen LogP contribution in [0.1, 0.15) is 16.7 Å². The van der Waals surface area contributed by atoms with Crippen molar-refractivity contribution in [3.63, 3.8) is 0 Å². The Morgan fingerprint density at radius 1 is 0.840 bits per heavy atom. The van der Waals surface area contributed by atoms with Gasteiger partial charge in [-0.25, -0.2) is 0 Å². The van der Waals surface area contributed by atoms with Crippen LogP contribution in [0.25, 0.3) is 0 Å². The van der Waals surface area contributed by atoms with Crippen molar-refractivity contribution < 1.29 is 9.53 Å². The highest BCUT2D eigenvalue weighted by Crippen LogP contribution is 2.50. The number of methoxy groups -OCH3 is 1. The molecule has 1 aliphatic heterocycles. The minimum atomic E-state index is -0.860. The largest absolute Gasteiger partial charge is 0.497 e. The summed E-state index contributed by atoms with van der Waals surface area (Å²) in [7, 11) is 3.48. The molecular weight excluding hydrogens is 310 g/mol. The summed E-state index contributed by atoms with van der Waals surface area (Å²) in [6.07, 6.45) is 0. The third kappa shape index (κ3) is 2.09. The van der Waals surface area contributed by atoms with Crippen LogP contribution in [-0.2, 0) is 10.2 Å². The van der Waals surface area contributed by atoms with Crippen LogP contribution in [0.3, 0.4) is 0 Å². The standard InChI is InChI=1S/C22H19NO2/c1-23-20-14-13-18(25-2)15-19(20)22(21(23)24,16-9-5-3-6-10-16)17-11-7-4-8-12-17/h3-15H,1-2H3. The van der Waals surface area contributed by atoms with E-state index in [9.17, 15) is 4.79 Å². The van der Waals surface area contributed by atoms with Crippen LogP contribution in [0.15, 0.2) is 78.9 Å². The zero-order chi connectivity index (χ0) is 17.4. The van der Waals surface area contributed by atoms with Gasteiger partial charge in [0, 0.05) is 18.3 Å². The first-order valence-electron chi connectivity index (χ1n) is 8.27. The third-order valence-electron chi connectivity index (χ3n) is 5.01. The first-order valence-corrected chi connectivity index (χ1v) is 8.27. The molecule has 0 radical (unpaired) electrons. The highest BCUT2D eigenvalue weighted by molar-refractivity contribution is 6.12. The summed E-state index contributed by atoms with van der Waals surface area (Å²) in [5.41, 5.74) is 2.94. The number of amides is 1. The fourth-order valence-corrected chi connectivity index (χ4v) is 3.81. The van der Waals surface area contributed by atoms with E-state index in [1.165, 1.54) is 0 Å². The minimum absolute atomic E-state index is 0.0492. The maximum absolute atomic E-state index is 13.6. The van der Waals surface area contributed by atoms with Gasteiger partial charge in [-0.05, 0) is 29.3 Å². The number of carbonyl (C=O) groups is 1. The SMILES string of the molecule is COc1ccc2c(c1)C(c1ccccc1)(c1ccccc1)C(=O)N2C. The number of benzene rings is 3. The molecule has 1 heterocycles. The summed E-state index contributed by atoms with van der Waals surface area (Å²) in [5.74, 6) is 0.797. The average Bonchev–Trinajstić information content (AvgIpc) is 2.91. The second kappa shape index (κ2) is 5.78. The molecule has 0 aromatic heterocycles. The molecule has 1 amide bonds. The van der Waals surface area contributed by atoms with Crippen LogP contribution >= 0.6 is 0 Å². The topological polar surface area (TPSA) is 29.5 Å². The number of carbonyl (C=O) groups excluding carboxylic acids is 1. The quantitative estimate of drug-likeness (QED) is 0.727. The maximum Gasteiger partial charge on any atom is 0.246 e. The predicted octanol–water partition coefficient (Wildman–Crippen LogP) is 4.01. The lowest BCUT2D eigenvalue weighted by Gasteiger charge is -2.29. The lowest BCUT2D eigenvalue weighted by Crippen LogP contribution is -2.40. The lowest BCUT2D eigenvalue weighted by molar-refractivity contribution is -0.120. The summed E-state index contributed by atoms with van der Waals surface area (Å²) in [5, 5.41) is 0. The molecule has 0 atom stereocenters. The van der Waals surface area contributed by atoms with Crippen LogP contribution in [0, 0.1) is 0 Å². The molecule has 0 saturated heterocycles. The Bertz CT molecular complexity index is 880. The fourth-order valence-electron chi connectivity index (χ4n) is 3.81. The van der Waals surface area contributed by atoms with Gasteiger partial charge in [-0.1, -0.05) is 60.7 Å². The Labute approximate surface area is 147 Å². The monoisotopic (exact) mass is 329 g/mol. The summed E-state index contributed by atoms with van der Waals surface area (Å²) in [6.45, 7) is 0. The van der Waals surface area contributed by atoms with Gasteiger partial charge >= 0.3 is 0 Å². The van der Waals surface area contributed by atoms with Crippen LogP contribution in [0.4, 0.5) is 5.69 Å². The van der Waals surface area contributed by atoms with Crippen LogP contribution in [0.2, 0.25) is 0 Å². The van der Waals surface area contributed by atoms with Crippen molar-refractivity contribution in [3.8, 4) is 5.75 Å². The van der Waals surface area contributed by atoms with Gasteiger partial charge in [-0.3, -0.25) is 4.79 Å². The normalized spacial score (nSPS) is 15.1. The summed E-state index contributed by atoms with van der Waals surface area (Å²) >= 11 is 0. The maximum atomic E-state index is 13.6. The van der Waals surface area contributed by atoms with Crippen molar-refractivity contribution in [2.45, 2.75) is 5.41 Å². The number of hydrogen-bond donors (Lipinski definition) is 0. The molecule has 0 unspecified atom stereocenters. The van der Waals surface area contributed by atoms with E-state index in [0.717, 1.165) is 28.1 Å². The van der Waals surface area contributed by atoms with Gasteiger partial charge in [0.25, 0.3) is 0 Å². The number of rotatable bonds is 3. The van der Waals surface area contributed by atoms with Crippen molar-refractivity contribution in [1.82, 2.24) is 0 Å². The van der Waals surface area contributed by atoms with Crippen LogP contribution in [0.5, 0.6) is 5.75 Å². The van der Waals surface area contributed by atoms with Gasteiger partial charge in [0.1, 0.15) is 11.2 Å². The van der Waals surface area contributed by atoms with Crippen molar-refractivity contribution in [2.75, 3.05) is 19.1 Å². The highest BCUT2D eigenvalue weighted by atomic mass is 16.5. The van der Waals surface area contributed by atoms with E-state index >= 15 is 0 Å². The molecule has 0 fully saturated rings. The Morgan fingerprint density at radius 2 is 1.40 bits per heavy atom. The van der Waals surface area contributed by atoms with Gasteiger partial charge < -0.3 is 9.64 Å². The number of anilines is 1. The van der Waals surface area contributed by atoms with E-state index in [1.54, 1.807) is 12.0 Å². The number of nitrogens with zero attached hydrogens (tertiary/aromatic N) is 1. The zero-order valence-corrected chi connectivity index (χ0v) is 14.3. The van der Waals surface area contributed by atoms with E-state index in [-0.39, 0.29) is 5.91 Å². The summed E-state index contributed by atoms with van der Waals surface area (Å²) in [4.78, 5) is 15.3. The summed E-state index contributed by atoms with van der Waals surface area (Å²) in [6, 6.07) is 25.8. The first-order chi connectivity index (χ1) is 12.2. The number of hydrogen-bond acceptors (Lipinski definition) is 2. The predicted molar refractivity (Wildman–Crippen MR) is 99.2 cm³/mol. The molecule has 124 valence electrons. The van der Waals surface area contributed by atoms with Crippen molar-refractivity contribution >= 4 is 11.6 Å². The van der Waals surface area contributed by atoms with E-state index in [2.05, 4.69) is 0 Å². The molecule has 3 nitrogen and oxygen atoms in total. The van der Waals surface area contributed by atoms with E-state index in [4.69, 9.17) is 4.74 Å². The van der Waals surface area contributed by atoms with Gasteiger partial charge in [0.05, 0.1) is 7.11 Å². The van der Waals surface area contributed by atoms with E-state index < -0.39 is 5.41 Å². The number of fused-ring (bicyclic) bond motifs is 1. The first kappa shape index (κ1) is 15.5. The minimum Gasteiger partial charge on any atom is -0.497 e. The molecule has 3 heteroatoms. The molecule has 0 aliphatic carbocycles. The van der Waals surface area contributed by atoms with E-state index in [1.807, 2.05) is 85.9 Å². The second-order valence-electron chi connectivity index (χ2n) is 6.23.